The smallest absolute Gasteiger partial charge is 0.295 e. The van der Waals surface area contributed by atoms with Crippen LogP contribution in [0, 0.1) is 0 Å². The number of nitrogens with zero attached hydrogens (tertiary/aromatic N) is 1. The molecule has 0 saturated heterocycles. The number of phenolic OH excluding ortho intramolecular Hbond substituents is 1. The van der Waals surface area contributed by atoms with E-state index in [-0.39, 0.29) is 27.9 Å². The third-order valence-electron chi connectivity index (χ3n) is 7.00. The fourth-order valence-electron chi connectivity index (χ4n) is 4.98. The fraction of sp³-hybridized carbons (Fsp3) is 0. The van der Waals surface area contributed by atoms with E-state index < -0.39 is 30.0 Å². The molecule has 0 atom stereocenters. The number of hydrazine groups is 1. The van der Waals surface area contributed by atoms with Crippen LogP contribution in [0.3, 0.4) is 0 Å². The maximum atomic E-state index is 12.6. The van der Waals surface area contributed by atoms with Crippen molar-refractivity contribution < 1.29 is 31.0 Å². The summed E-state index contributed by atoms with van der Waals surface area (Å²) in [5.41, 5.74) is 11.2. The number of phenols is 1. The van der Waals surface area contributed by atoms with Gasteiger partial charge in [0.1, 0.15) is 10.6 Å². The van der Waals surface area contributed by atoms with Crippen molar-refractivity contribution in [2.75, 3.05) is 16.2 Å². The Morgan fingerprint density at radius 2 is 1.36 bits per heavy atom. The lowest BCUT2D eigenvalue weighted by atomic mass is 10.1. The summed E-state index contributed by atoms with van der Waals surface area (Å²) in [5.74, 6) is 0.117. The molecule has 0 bridgehead atoms. The molecule has 0 spiro atoms. The van der Waals surface area contributed by atoms with Gasteiger partial charge < -0.3 is 10.8 Å². The molecule has 0 fully saturated rings. The molecule has 6 aromatic carbocycles. The molecule has 12 heteroatoms. The van der Waals surface area contributed by atoms with E-state index in [0.29, 0.717) is 16.8 Å². The first-order valence-corrected chi connectivity index (χ1v) is 15.4. The Bertz CT molecular complexity index is 2270. The van der Waals surface area contributed by atoms with E-state index in [1.54, 1.807) is 41.4 Å². The zero-order chi connectivity index (χ0) is 29.8. The summed E-state index contributed by atoms with van der Waals surface area (Å²) in [4.78, 5) is -1.17. The highest BCUT2D eigenvalue weighted by Gasteiger charge is 2.24. The molecule has 10 nitrogen and oxygen atoms in total. The first-order chi connectivity index (χ1) is 19.9. The van der Waals surface area contributed by atoms with E-state index in [2.05, 4.69) is 5.43 Å². The van der Waals surface area contributed by atoms with Gasteiger partial charge in [0.05, 0.1) is 27.6 Å². The van der Waals surface area contributed by atoms with E-state index in [4.69, 9.17) is 5.73 Å². The quantitative estimate of drug-likeness (QED) is 0.0855. The number of hydrogen-bond acceptors (Lipinski definition) is 8. The van der Waals surface area contributed by atoms with Gasteiger partial charge >= 0.3 is 0 Å². The lowest BCUT2D eigenvalue weighted by Gasteiger charge is -2.29. The number of rotatable bonds is 6. The molecule has 0 aliphatic carbocycles. The van der Waals surface area contributed by atoms with Crippen LogP contribution in [0.2, 0.25) is 0 Å². The summed E-state index contributed by atoms with van der Waals surface area (Å²) in [6, 6.07) is 28.0. The number of benzene rings is 6. The van der Waals surface area contributed by atoms with Gasteiger partial charge in [-0.15, -0.1) is 0 Å². The first-order valence-electron chi connectivity index (χ1n) is 12.5. The Kier molecular flexibility index (Phi) is 6.43. The molecule has 0 radical (unpaired) electrons. The SMILES string of the molecule is Nc1c(N(Nc2ccc3c(O)cccc3c2)c2ccc3ccccc3c2)cc(S(=O)(=O)O)c2cc(S(=O)(=O)O)ccc12. The fourth-order valence-corrected chi connectivity index (χ4v) is 6.20. The molecule has 42 heavy (non-hydrogen) atoms. The van der Waals surface area contributed by atoms with Crippen LogP contribution in [-0.2, 0) is 20.2 Å². The lowest BCUT2D eigenvalue weighted by molar-refractivity contribution is 0.480. The molecular weight excluding hydrogens is 578 g/mol. The molecule has 6 N–H and O–H groups in total. The summed E-state index contributed by atoms with van der Waals surface area (Å²) < 4.78 is 68.5. The number of anilines is 4. The number of nitrogens with two attached hydrogens (primary N) is 1. The van der Waals surface area contributed by atoms with Crippen LogP contribution in [0.25, 0.3) is 32.3 Å². The number of aromatic hydroxyl groups is 1. The monoisotopic (exact) mass is 601 g/mol. The van der Waals surface area contributed by atoms with Gasteiger partial charge in [-0.3, -0.25) is 19.5 Å². The Labute approximate surface area is 240 Å². The van der Waals surface area contributed by atoms with Crippen LogP contribution < -0.4 is 16.2 Å². The summed E-state index contributed by atoms with van der Waals surface area (Å²) in [6.07, 6.45) is 0. The highest BCUT2D eigenvalue weighted by atomic mass is 32.2. The van der Waals surface area contributed by atoms with Crippen LogP contribution in [0.15, 0.2) is 113 Å². The van der Waals surface area contributed by atoms with Crippen molar-refractivity contribution >= 4 is 75.3 Å². The Balaban J connectivity index is 1.61. The maximum absolute atomic E-state index is 12.6. The number of nitrogen functional groups attached to an aromatic ring is 1. The zero-order valence-corrected chi connectivity index (χ0v) is 23.3. The van der Waals surface area contributed by atoms with Gasteiger partial charge in [-0.05, 0) is 70.8 Å². The largest absolute Gasteiger partial charge is 0.507 e. The molecule has 6 aromatic rings. The second-order valence-electron chi connectivity index (χ2n) is 9.66. The molecule has 0 aliphatic heterocycles. The van der Waals surface area contributed by atoms with Crippen molar-refractivity contribution in [1.29, 1.82) is 0 Å². The highest BCUT2D eigenvalue weighted by Crippen LogP contribution is 2.41. The van der Waals surface area contributed by atoms with Crippen molar-refractivity contribution in [2.45, 2.75) is 9.79 Å². The average Bonchev–Trinajstić information content (AvgIpc) is 2.95. The van der Waals surface area contributed by atoms with Crippen LogP contribution in [-0.4, -0.2) is 31.0 Å². The van der Waals surface area contributed by atoms with Gasteiger partial charge in [0.2, 0.25) is 0 Å². The van der Waals surface area contributed by atoms with E-state index in [9.17, 15) is 31.0 Å². The highest BCUT2D eigenvalue weighted by molar-refractivity contribution is 7.86. The van der Waals surface area contributed by atoms with Crippen LogP contribution >= 0.6 is 0 Å². The second-order valence-corrected chi connectivity index (χ2v) is 12.5. The van der Waals surface area contributed by atoms with Crippen molar-refractivity contribution in [2.24, 2.45) is 0 Å². The third kappa shape index (κ3) is 4.92. The molecule has 0 saturated carbocycles. The van der Waals surface area contributed by atoms with Gasteiger partial charge in [-0.2, -0.15) is 16.8 Å². The van der Waals surface area contributed by atoms with Crippen molar-refractivity contribution in [3.63, 3.8) is 0 Å². The van der Waals surface area contributed by atoms with Crippen molar-refractivity contribution in [3.05, 3.63) is 103 Å². The van der Waals surface area contributed by atoms with Gasteiger partial charge in [0, 0.05) is 16.2 Å². The predicted molar refractivity (Wildman–Crippen MR) is 163 cm³/mol. The molecule has 6 rings (SSSR count). The molecular formula is C30H23N3O7S2. The first kappa shape index (κ1) is 27.3. The minimum Gasteiger partial charge on any atom is -0.507 e. The van der Waals surface area contributed by atoms with Crippen LogP contribution in [0.1, 0.15) is 0 Å². The number of nitrogens with one attached hydrogen (secondary N) is 1. The Morgan fingerprint density at radius 1 is 0.643 bits per heavy atom. The zero-order valence-electron chi connectivity index (χ0n) is 21.6. The van der Waals surface area contributed by atoms with Gasteiger partial charge in [-0.25, -0.2) is 0 Å². The summed E-state index contributed by atoms with van der Waals surface area (Å²) in [6.45, 7) is 0. The number of fused-ring (bicyclic) bond motifs is 3. The van der Waals surface area contributed by atoms with Crippen LogP contribution in [0.4, 0.5) is 22.7 Å². The Hall–Kier alpha value is -4.88. The summed E-state index contributed by atoms with van der Waals surface area (Å²) in [5, 5.41) is 14.9. The molecule has 0 heterocycles. The summed E-state index contributed by atoms with van der Waals surface area (Å²) >= 11 is 0. The topological polar surface area (TPSA) is 170 Å². The third-order valence-corrected chi connectivity index (χ3v) is 8.74. The van der Waals surface area contributed by atoms with E-state index in [0.717, 1.165) is 34.4 Å². The number of hydrogen-bond donors (Lipinski definition) is 5. The predicted octanol–water partition coefficient (Wildman–Crippen LogP) is 6.09. The van der Waals surface area contributed by atoms with Crippen molar-refractivity contribution in [1.82, 2.24) is 0 Å². The van der Waals surface area contributed by atoms with E-state index >= 15 is 0 Å². The average molecular weight is 602 g/mol. The van der Waals surface area contributed by atoms with Gasteiger partial charge in [0.25, 0.3) is 20.2 Å². The minimum absolute atomic E-state index is 0.0679. The molecule has 212 valence electrons. The van der Waals surface area contributed by atoms with E-state index in [1.807, 2.05) is 42.5 Å². The van der Waals surface area contributed by atoms with Gasteiger partial charge in [-0.1, -0.05) is 48.5 Å². The van der Waals surface area contributed by atoms with Gasteiger partial charge in [0.15, 0.2) is 0 Å². The van der Waals surface area contributed by atoms with Crippen molar-refractivity contribution in [3.8, 4) is 5.75 Å². The van der Waals surface area contributed by atoms with Crippen LogP contribution in [0.5, 0.6) is 5.75 Å². The lowest BCUT2D eigenvalue weighted by Crippen LogP contribution is -2.26. The minimum atomic E-state index is -4.90. The molecule has 0 aromatic heterocycles. The summed E-state index contributed by atoms with van der Waals surface area (Å²) in [7, 11) is -9.58. The maximum Gasteiger partial charge on any atom is 0.295 e. The molecule has 0 amide bonds. The molecule has 0 aliphatic rings. The van der Waals surface area contributed by atoms with E-state index in [1.165, 1.54) is 6.07 Å². The second kappa shape index (κ2) is 9.89. The Morgan fingerprint density at radius 3 is 2.10 bits per heavy atom. The molecule has 0 unspecified atom stereocenters. The standard InChI is InChI=1S/C30H23N3O7S2/c31-30-25-13-11-23(41(35,36)37)16-26(25)29(42(38,39)40)17-27(30)33(22-10-8-18-4-1-2-5-19(18)15-22)32-21-9-12-24-20(14-21)6-3-7-28(24)34/h1-17,32,34H,31H2,(H,35,36,37)(H,38,39,40). The normalized spacial score (nSPS) is 12.1.